The van der Waals surface area contributed by atoms with Gasteiger partial charge in [-0.3, -0.25) is 4.79 Å². The molecule has 1 N–H and O–H groups in total. The maximum atomic E-state index is 12.7. The van der Waals surface area contributed by atoms with Crippen LogP contribution in [0.2, 0.25) is 0 Å². The van der Waals surface area contributed by atoms with E-state index >= 15 is 0 Å². The van der Waals surface area contributed by atoms with E-state index in [1.165, 1.54) is 32.9 Å². The second-order valence-corrected chi connectivity index (χ2v) is 4.46. The van der Waals surface area contributed by atoms with Crippen molar-refractivity contribution in [2.75, 3.05) is 0 Å². The summed E-state index contributed by atoms with van der Waals surface area (Å²) in [6, 6.07) is 3.62. The molecule has 0 saturated heterocycles. The van der Waals surface area contributed by atoms with Crippen LogP contribution in [-0.2, 0) is 16.4 Å². The molecule has 0 fully saturated rings. The zero-order valence-corrected chi connectivity index (χ0v) is 9.72. The average molecular weight is 246 g/mol. The highest BCUT2D eigenvalue weighted by Gasteiger charge is 2.36. The summed E-state index contributed by atoms with van der Waals surface area (Å²) in [5, 5.41) is 8.98. The Morgan fingerprint density at radius 3 is 2.18 bits per heavy atom. The summed E-state index contributed by atoms with van der Waals surface area (Å²) in [5.41, 5.74) is -1.90. The van der Waals surface area contributed by atoms with Crippen molar-refractivity contribution in [2.45, 2.75) is 32.4 Å². The van der Waals surface area contributed by atoms with Gasteiger partial charge in [-0.05, 0) is 38.0 Å². The predicted molar refractivity (Wildman–Crippen MR) is 56.8 cm³/mol. The number of carboxylic acids is 1. The lowest BCUT2D eigenvalue weighted by molar-refractivity contribution is -0.143. The van der Waals surface area contributed by atoms with E-state index in [0.717, 1.165) is 6.07 Å². The summed E-state index contributed by atoms with van der Waals surface area (Å²) in [6.45, 7) is 4.10. The van der Waals surface area contributed by atoms with E-state index in [4.69, 9.17) is 5.11 Å². The van der Waals surface area contributed by atoms with Crippen molar-refractivity contribution >= 4 is 5.97 Å². The van der Waals surface area contributed by atoms with Gasteiger partial charge in [0.1, 0.15) is 0 Å². The molecule has 0 aliphatic carbocycles. The molecule has 0 saturated carbocycles. The van der Waals surface area contributed by atoms with Gasteiger partial charge in [0.2, 0.25) is 0 Å². The zero-order valence-electron chi connectivity index (χ0n) is 9.72. The van der Waals surface area contributed by atoms with Crippen LogP contribution in [0, 0.1) is 6.92 Å². The number of hydrogen-bond acceptors (Lipinski definition) is 1. The first kappa shape index (κ1) is 13.5. The van der Waals surface area contributed by atoms with E-state index < -0.39 is 23.1 Å². The van der Waals surface area contributed by atoms with Crippen molar-refractivity contribution < 1.29 is 23.1 Å². The van der Waals surface area contributed by atoms with Crippen LogP contribution in [0.15, 0.2) is 18.2 Å². The Morgan fingerprint density at radius 2 is 1.76 bits per heavy atom. The van der Waals surface area contributed by atoms with Crippen LogP contribution in [0.1, 0.15) is 30.5 Å². The molecule has 0 aliphatic heterocycles. The van der Waals surface area contributed by atoms with Gasteiger partial charge < -0.3 is 5.11 Å². The molecule has 0 radical (unpaired) electrons. The smallest absolute Gasteiger partial charge is 0.416 e. The Kier molecular flexibility index (Phi) is 3.23. The van der Waals surface area contributed by atoms with E-state index in [-0.39, 0.29) is 11.1 Å². The van der Waals surface area contributed by atoms with Gasteiger partial charge in [-0.1, -0.05) is 12.1 Å². The van der Waals surface area contributed by atoms with Crippen LogP contribution in [0.5, 0.6) is 0 Å². The lowest BCUT2D eigenvalue weighted by atomic mass is 9.83. The predicted octanol–water partition coefficient (Wildman–Crippen LogP) is 3.38. The van der Waals surface area contributed by atoms with Gasteiger partial charge in [0.25, 0.3) is 0 Å². The number of aryl methyl sites for hydroxylation is 1. The monoisotopic (exact) mass is 246 g/mol. The fourth-order valence-corrected chi connectivity index (χ4v) is 1.44. The van der Waals surface area contributed by atoms with Crippen molar-refractivity contribution in [3.05, 3.63) is 34.9 Å². The van der Waals surface area contributed by atoms with Gasteiger partial charge in [0.05, 0.1) is 11.0 Å². The number of benzene rings is 1. The number of aliphatic carboxylic acids is 1. The Hall–Kier alpha value is -1.52. The van der Waals surface area contributed by atoms with E-state index in [2.05, 4.69) is 0 Å². The Labute approximate surface area is 97.1 Å². The standard InChI is InChI=1S/C12H13F3O2/c1-7-4-5-8(11(2,3)10(16)17)6-9(7)12(13,14)15/h4-6H,1-3H3,(H,16,17). The van der Waals surface area contributed by atoms with Crippen molar-refractivity contribution in [1.82, 2.24) is 0 Å². The molecule has 0 heterocycles. The lowest BCUT2D eigenvalue weighted by Gasteiger charge is -2.21. The molecular formula is C12H13F3O2. The van der Waals surface area contributed by atoms with Gasteiger partial charge in [-0.15, -0.1) is 0 Å². The summed E-state index contributed by atoms with van der Waals surface area (Å²) >= 11 is 0. The third kappa shape index (κ3) is 2.60. The molecule has 0 aromatic heterocycles. The van der Waals surface area contributed by atoms with Gasteiger partial charge in [0, 0.05) is 0 Å². The quantitative estimate of drug-likeness (QED) is 0.868. The molecule has 0 amide bonds. The molecule has 0 bridgehead atoms. The lowest BCUT2D eigenvalue weighted by Crippen LogP contribution is -2.29. The van der Waals surface area contributed by atoms with Crippen molar-refractivity contribution in [2.24, 2.45) is 0 Å². The second-order valence-electron chi connectivity index (χ2n) is 4.46. The van der Waals surface area contributed by atoms with Crippen molar-refractivity contribution in [3.8, 4) is 0 Å². The molecular weight excluding hydrogens is 233 g/mol. The number of carboxylic acid groups (broad SMARTS) is 1. The highest BCUT2D eigenvalue weighted by Crippen LogP contribution is 2.35. The molecule has 0 aliphatic rings. The molecule has 1 rings (SSSR count). The number of hydrogen-bond donors (Lipinski definition) is 1. The van der Waals surface area contributed by atoms with Gasteiger partial charge in [-0.25, -0.2) is 0 Å². The highest BCUT2D eigenvalue weighted by atomic mass is 19.4. The van der Waals surface area contributed by atoms with Gasteiger partial charge in [0.15, 0.2) is 0 Å². The third-order valence-corrected chi connectivity index (χ3v) is 2.80. The van der Waals surface area contributed by atoms with Crippen LogP contribution < -0.4 is 0 Å². The molecule has 5 heteroatoms. The molecule has 0 atom stereocenters. The number of halogens is 3. The van der Waals surface area contributed by atoms with Crippen LogP contribution >= 0.6 is 0 Å². The van der Waals surface area contributed by atoms with Crippen LogP contribution in [-0.4, -0.2) is 11.1 Å². The second kappa shape index (κ2) is 4.05. The normalized spacial score (nSPS) is 12.6. The Morgan fingerprint density at radius 1 is 1.24 bits per heavy atom. The van der Waals surface area contributed by atoms with Crippen molar-refractivity contribution in [3.63, 3.8) is 0 Å². The Balaban J connectivity index is 3.37. The van der Waals surface area contributed by atoms with Crippen LogP contribution in [0.25, 0.3) is 0 Å². The number of alkyl halides is 3. The maximum Gasteiger partial charge on any atom is 0.416 e. The summed E-state index contributed by atoms with van der Waals surface area (Å²) < 4.78 is 38.0. The summed E-state index contributed by atoms with van der Waals surface area (Å²) in [5.74, 6) is -1.16. The molecule has 1 aromatic carbocycles. The van der Waals surface area contributed by atoms with E-state index in [1.54, 1.807) is 0 Å². The summed E-state index contributed by atoms with van der Waals surface area (Å²) in [7, 11) is 0. The van der Waals surface area contributed by atoms with Gasteiger partial charge >= 0.3 is 12.1 Å². The zero-order chi connectivity index (χ0) is 13.4. The van der Waals surface area contributed by atoms with E-state index in [1.807, 2.05) is 0 Å². The average Bonchev–Trinajstić information content (AvgIpc) is 2.15. The first-order chi connectivity index (χ1) is 7.56. The molecule has 17 heavy (non-hydrogen) atoms. The van der Waals surface area contributed by atoms with Crippen LogP contribution in [0.4, 0.5) is 13.2 Å². The molecule has 94 valence electrons. The summed E-state index contributed by atoms with van der Waals surface area (Å²) in [6.07, 6.45) is -4.46. The van der Waals surface area contributed by atoms with Gasteiger partial charge in [-0.2, -0.15) is 13.2 Å². The molecule has 0 spiro atoms. The number of carbonyl (C=O) groups is 1. The van der Waals surface area contributed by atoms with E-state index in [9.17, 15) is 18.0 Å². The minimum absolute atomic E-state index is 0.0856. The SMILES string of the molecule is Cc1ccc(C(C)(C)C(=O)O)cc1C(F)(F)F. The maximum absolute atomic E-state index is 12.7. The third-order valence-electron chi connectivity index (χ3n) is 2.80. The highest BCUT2D eigenvalue weighted by molar-refractivity contribution is 5.80. The fourth-order valence-electron chi connectivity index (χ4n) is 1.44. The minimum Gasteiger partial charge on any atom is -0.481 e. The van der Waals surface area contributed by atoms with Crippen LogP contribution in [0.3, 0.4) is 0 Å². The topological polar surface area (TPSA) is 37.3 Å². The molecule has 1 aromatic rings. The van der Waals surface area contributed by atoms with E-state index in [0.29, 0.717) is 0 Å². The Bertz CT molecular complexity index is 448. The first-order valence-corrected chi connectivity index (χ1v) is 4.98. The first-order valence-electron chi connectivity index (χ1n) is 4.98. The minimum atomic E-state index is -4.46. The fraction of sp³-hybridized carbons (Fsp3) is 0.417. The summed E-state index contributed by atoms with van der Waals surface area (Å²) in [4.78, 5) is 11.0. The number of rotatable bonds is 2. The molecule has 2 nitrogen and oxygen atoms in total. The largest absolute Gasteiger partial charge is 0.481 e. The molecule has 0 unspecified atom stereocenters. The van der Waals surface area contributed by atoms with Crippen molar-refractivity contribution in [1.29, 1.82) is 0 Å².